The van der Waals surface area contributed by atoms with Crippen molar-refractivity contribution in [2.75, 3.05) is 14.2 Å². The van der Waals surface area contributed by atoms with Crippen LogP contribution in [-0.4, -0.2) is 20.2 Å². The number of hydrogen-bond donors (Lipinski definition) is 1. The lowest BCUT2D eigenvalue weighted by Crippen LogP contribution is -2.30. The van der Waals surface area contributed by atoms with Gasteiger partial charge in [0.1, 0.15) is 11.6 Å². The maximum atomic E-state index is 13.3. The monoisotopic (exact) mass is 351 g/mol. The van der Waals surface area contributed by atoms with E-state index in [4.69, 9.17) is 4.74 Å². The van der Waals surface area contributed by atoms with Crippen molar-refractivity contribution >= 4 is 15.9 Å². The van der Waals surface area contributed by atoms with Crippen LogP contribution in [0, 0.1) is 5.82 Å². The molecule has 0 aromatic heterocycles. The van der Waals surface area contributed by atoms with Crippen LogP contribution in [-0.2, 0) is 12.8 Å². The van der Waals surface area contributed by atoms with Gasteiger partial charge in [-0.05, 0) is 61.3 Å². The summed E-state index contributed by atoms with van der Waals surface area (Å²) in [6.07, 6.45) is 1.61. The summed E-state index contributed by atoms with van der Waals surface area (Å²) in [4.78, 5) is 0. The SMILES string of the molecule is CNC(Cc1cccc(F)c1)Cc1cc(OC)ccc1Br. The van der Waals surface area contributed by atoms with Gasteiger partial charge in [-0.25, -0.2) is 4.39 Å². The fourth-order valence-electron chi connectivity index (χ4n) is 2.32. The Morgan fingerprint density at radius 3 is 2.67 bits per heavy atom. The molecule has 0 aliphatic carbocycles. The molecule has 2 nitrogen and oxygen atoms in total. The summed E-state index contributed by atoms with van der Waals surface area (Å²) in [5.74, 6) is 0.652. The summed E-state index contributed by atoms with van der Waals surface area (Å²) >= 11 is 3.57. The standard InChI is InChI=1S/C17H19BrFNO/c1-20-15(9-12-4-3-5-14(19)8-12)10-13-11-16(21-2)6-7-17(13)18/h3-8,11,15,20H,9-10H2,1-2H3. The predicted octanol–water partition coefficient (Wildman–Crippen LogP) is 3.97. The molecule has 0 aliphatic heterocycles. The zero-order chi connectivity index (χ0) is 15.2. The zero-order valence-corrected chi connectivity index (χ0v) is 13.8. The van der Waals surface area contributed by atoms with E-state index in [0.29, 0.717) is 0 Å². The van der Waals surface area contributed by atoms with Gasteiger partial charge in [-0.2, -0.15) is 0 Å². The maximum absolute atomic E-state index is 13.3. The first-order valence-electron chi connectivity index (χ1n) is 6.86. The molecule has 4 heteroatoms. The fourth-order valence-corrected chi connectivity index (χ4v) is 2.73. The number of likely N-dealkylation sites (N-methyl/N-ethyl adjacent to an activating group) is 1. The minimum atomic E-state index is -0.190. The Morgan fingerprint density at radius 2 is 2.00 bits per heavy atom. The Bertz CT molecular complexity index is 603. The van der Waals surface area contributed by atoms with Crippen LogP contribution in [0.4, 0.5) is 4.39 Å². The van der Waals surface area contributed by atoms with E-state index in [9.17, 15) is 4.39 Å². The van der Waals surface area contributed by atoms with Crippen molar-refractivity contribution in [2.24, 2.45) is 0 Å². The van der Waals surface area contributed by atoms with E-state index in [1.165, 1.54) is 11.6 Å². The zero-order valence-electron chi connectivity index (χ0n) is 12.2. The number of hydrogen-bond acceptors (Lipinski definition) is 2. The minimum absolute atomic E-state index is 0.190. The highest BCUT2D eigenvalue weighted by molar-refractivity contribution is 9.10. The lowest BCUT2D eigenvalue weighted by Gasteiger charge is -2.18. The molecule has 0 aliphatic rings. The number of methoxy groups -OCH3 is 1. The average molecular weight is 352 g/mol. The second-order valence-corrected chi connectivity index (χ2v) is 5.84. The van der Waals surface area contributed by atoms with Crippen LogP contribution in [0.3, 0.4) is 0 Å². The van der Waals surface area contributed by atoms with Gasteiger partial charge < -0.3 is 10.1 Å². The molecule has 112 valence electrons. The highest BCUT2D eigenvalue weighted by Crippen LogP contribution is 2.24. The largest absolute Gasteiger partial charge is 0.497 e. The molecule has 0 spiro atoms. The maximum Gasteiger partial charge on any atom is 0.123 e. The molecule has 0 heterocycles. The van der Waals surface area contributed by atoms with Gasteiger partial charge in [-0.15, -0.1) is 0 Å². The first-order chi connectivity index (χ1) is 10.1. The molecule has 2 aromatic carbocycles. The first kappa shape index (κ1) is 16.0. The summed E-state index contributed by atoms with van der Waals surface area (Å²) < 4.78 is 19.6. The van der Waals surface area contributed by atoms with E-state index >= 15 is 0 Å². The van der Waals surface area contributed by atoms with Gasteiger partial charge in [-0.3, -0.25) is 0 Å². The molecular weight excluding hydrogens is 333 g/mol. The number of ether oxygens (including phenoxy) is 1. The summed E-state index contributed by atoms with van der Waals surface area (Å²) in [6, 6.07) is 12.9. The molecule has 0 fully saturated rings. The summed E-state index contributed by atoms with van der Waals surface area (Å²) in [5, 5.41) is 3.30. The predicted molar refractivity (Wildman–Crippen MR) is 87.3 cm³/mol. The molecule has 2 aromatic rings. The minimum Gasteiger partial charge on any atom is -0.497 e. The molecular formula is C17H19BrFNO. The fraction of sp³-hybridized carbons (Fsp3) is 0.294. The number of rotatable bonds is 6. The number of nitrogens with one attached hydrogen (secondary N) is 1. The van der Waals surface area contributed by atoms with Crippen LogP contribution in [0.15, 0.2) is 46.9 Å². The van der Waals surface area contributed by atoms with E-state index in [2.05, 4.69) is 21.2 Å². The molecule has 0 saturated heterocycles. The third-order valence-electron chi connectivity index (χ3n) is 3.50. The molecule has 0 bridgehead atoms. The van der Waals surface area contributed by atoms with Gasteiger partial charge in [0.15, 0.2) is 0 Å². The number of benzene rings is 2. The van der Waals surface area contributed by atoms with Gasteiger partial charge in [0, 0.05) is 10.5 Å². The molecule has 1 unspecified atom stereocenters. The van der Waals surface area contributed by atoms with Crippen molar-refractivity contribution < 1.29 is 9.13 Å². The van der Waals surface area contributed by atoms with E-state index < -0.39 is 0 Å². The normalized spacial score (nSPS) is 12.2. The topological polar surface area (TPSA) is 21.3 Å². The first-order valence-corrected chi connectivity index (χ1v) is 7.66. The highest BCUT2D eigenvalue weighted by Gasteiger charge is 2.12. The van der Waals surface area contributed by atoms with Gasteiger partial charge in [0.2, 0.25) is 0 Å². The summed E-state index contributed by atoms with van der Waals surface area (Å²) in [5.41, 5.74) is 2.17. The molecule has 1 N–H and O–H groups in total. The Balaban J connectivity index is 2.12. The third kappa shape index (κ3) is 4.55. The lowest BCUT2D eigenvalue weighted by atomic mass is 9.99. The Labute approximate surface area is 133 Å². The molecule has 1 atom stereocenters. The van der Waals surface area contributed by atoms with Crippen molar-refractivity contribution in [1.29, 1.82) is 0 Å². The molecule has 0 saturated carbocycles. The van der Waals surface area contributed by atoms with E-state index in [-0.39, 0.29) is 11.9 Å². The Morgan fingerprint density at radius 1 is 1.19 bits per heavy atom. The van der Waals surface area contributed by atoms with Crippen LogP contribution >= 0.6 is 15.9 Å². The van der Waals surface area contributed by atoms with Crippen LogP contribution in [0.5, 0.6) is 5.75 Å². The van der Waals surface area contributed by atoms with Crippen molar-refractivity contribution in [1.82, 2.24) is 5.32 Å². The van der Waals surface area contributed by atoms with Crippen LogP contribution in [0.2, 0.25) is 0 Å². The van der Waals surface area contributed by atoms with Crippen LogP contribution < -0.4 is 10.1 Å². The van der Waals surface area contributed by atoms with Gasteiger partial charge in [0.05, 0.1) is 7.11 Å². The molecule has 0 amide bonds. The Hall–Kier alpha value is -1.39. The lowest BCUT2D eigenvalue weighted by molar-refractivity contribution is 0.413. The smallest absolute Gasteiger partial charge is 0.123 e. The molecule has 21 heavy (non-hydrogen) atoms. The molecule has 2 rings (SSSR count). The quantitative estimate of drug-likeness (QED) is 0.850. The molecule has 0 radical (unpaired) electrons. The van der Waals surface area contributed by atoms with Gasteiger partial charge >= 0.3 is 0 Å². The van der Waals surface area contributed by atoms with E-state index in [0.717, 1.165) is 28.6 Å². The van der Waals surface area contributed by atoms with Crippen molar-refractivity contribution in [3.63, 3.8) is 0 Å². The van der Waals surface area contributed by atoms with E-state index in [1.807, 2.05) is 31.3 Å². The average Bonchev–Trinajstić information content (AvgIpc) is 2.48. The summed E-state index contributed by atoms with van der Waals surface area (Å²) in [7, 11) is 3.59. The second-order valence-electron chi connectivity index (χ2n) is 4.98. The summed E-state index contributed by atoms with van der Waals surface area (Å²) in [6.45, 7) is 0. The van der Waals surface area contributed by atoms with Crippen LogP contribution in [0.25, 0.3) is 0 Å². The van der Waals surface area contributed by atoms with Crippen molar-refractivity contribution in [3.8, 4) is 5.75 Å². The van der Waals surface area contributed by atoms with Gasteiger partial charge in [0.25, 0.3) is 0 Å². The second kappa shape index (κ2) is 7.57. The number of halogens is 2. The van der Waals surface area contributed by atoms with Gasteiger partial charge in [-0.1, -0.05) is 28.1 Å². The van der Waals surface area contributed by atoms with Crippen molar-refractivity contribution in [3.05, 3.63) is 63.9 Å². The third-order valence-corrected chi connectivity index (χ3v) is 4.27. The Kier molecular flexibility index (Phi) is 5.76. The van der Waals surface area contributed by atoms with Crippen LogP contribution in [0.1, 0.15) is 11.1 Å². The highest BCUT2D eigenvalue weighted by atomic mass is 79.9. The van der Waals surface area contributed by atoms with E-state index in [1.54, 1.807) is 19.2 Å². The van der Waals surface area contributed by atoms with Crippen molar-refractivity contribution in [2.45, 2.75) is 18.9 Å².